The smallest absolute Gasteiger partial charge is 0.414 e. The number of anilines is 1. The van der Waals surface area contributed by atoms with Crippen LogP contribution < -0.4 is 10.2 Å². The van der Waals surface area contributed by atoms with Crippen molar-refractivity contribution in [1.29, 1.82) is 0 Å². The Hall–Kier alpha value is -2.42. The minimum Gasteiger partial charge on any atom is -0.449 e. The van der Waals surface area contributed by atoms with E-state index in [4.69, 9.17) is 4.74 Å². The lowest BCUT2D eigenvalue weighted by Gasteiger charge is -2.22. The molecule has 0 aliphatic rings. The molecule has 0 aromatic heterocycles. The number of carbonyl (C=O) groups is 1. The fraction of sp³-hybridized carbons (Fsp3) is 0.409. The van der Waals surface area contributed by atoms with Gasteiger partial charge in [-0.25, -0.2) is 4.79 Å². The minimum absolute atomic E-state index is 0.324. The quantitative estimate of drug-likeness (QED) is 0.380. The van der Waals surface area contributed by atoms with Gasteiger partial charge in [-0.3, -0.25) is 14.8 Å². The van der Waals surface area contributed by atoms with Crippen LogP contribution in [-0.4, -0.2) is 38.8 Å². The van der Waals surface area contributed by atoms with Crippen molar-refractivity contribution in [1.82, 2.24) is 5.32 Å². The molecule has 2 aromatic carbocycles. The molecule has 30 heavy (non-hydrogen) atoms. The zero-order valence-electron chi connectivity index (χ0n) is 17.2. The normalized spacial score (nSPS) is 12.3. The van der Waals surface area contributed by atoms with Crippen LogP contribution in [-0.2, 0) is 14.9 Å². The van der Waals surface area contributed by atoms with E-state index in [1.165, 1.54) is 0 Å². The zero-order chi connectivity index (χ0) is 21.8. The largest absolute Gasteiger partial charge is 0.449 e. The molecule has 0 heterocycles. The summed E-state index contributed by atoms with van der Waals surface area (Å²) in [6, 6.07) is 18.0. The number of hydrogen-bond acceptors (Lipinski definition) is 5. The molecule has 0 saturated carbocycles. The Morgan fingerprint density at radius 3 is 2.20 bits per heavy atom. The standard InChI is InChI=1S/C22H30N2O5S/c1-2-29-22(25)24(20-15-9-6-10-16-20)18-12-4-3-11-17-23-21(30(26,27)28)19-13-7-5-8-14-19/h5-10,13-16,21,23H,2-4,11-12,17-18H2,1H3,(H,26,27,28)/t21-/m1/s1. The number of rotatable bonds is 12. The SMILES string of the molecule is CCOC(=O)N(CCCCCCN[C@@H](c1ccccc1)S(=O)(=O)O)c1ccccc1. The molecule has 0 spiro atoms. The summed E-state index contributed by atoms with van der Waals surface area (Å²) in [5, 5.41) is 1.79. The molecule has 0 bridgehead atoms. The van der Waals surface area contributed by atoms with E-state index in [9.17, 15) is 17.8 Å². The van der Waals surface area contributed by atoms with Crippen molar-refractivity contribution in [2.24, 2.45) is 0 Å². The Morgan fingerprint density at radius 2 is 1.60 bits per heavy atom. The lowest BCUT2D eigenvalue weighted by Crippen LogP contribution is -2.32. The Labute approximate surface area is 178 Å². The molecule has 0 aliphatic carbocycles. The van der Waals surface area contributed by atoms with Gasteiger partial charge in [0.15, 0.2) is 5.37 Å². The monoisotopic (exact) mass is 434 g/mol. The Morgan fingerprint density at radius 1 is 1.00 bits per heavy atom. The van der Waals surface area contributed by atoms with E-state index in [1.54, 1.807) is 42.2 Å². The van der Waals surface area contributed by atoms with E-state index in [1.807, 2.05) is 30.3 Å². The van der Waals surface area contributed by atoms with Gasteiger partial charge in [0.1, 0.15) is 0 Å². The van der Waals surface area contributed by atoms with Crippen molar-refractivity contribution in [2.45, 2.75) is 38.0 Å². The predicted molar refractivity (Wildman–Crippen MR) is 118 cm³/mol. The van der Waals surface area contributed by atoms with Gasteiger partial charge in [-0.2, -0.15) is 8.42 Å². The Kier molecular flexibility index (Phi) is 9.79. The van der Waals surface area contributed by atoms with Gasteiger partial charge in [-0.1, -0.05) is 61.4 Å². The van der Waals surface area contributed by atoms with E-state index >= 15 is 0 Å². The van der Waals surface area contributed by atoms with Crippen molar-refractivity contribution >= 4 is 21.9 Å². The minimum atomic E-state index is -4.24. The third-order valence-corrected chi connectivity index (χ3v) is 5.63. The van der Waals surface area contributed by atoms with E-state index in [0.717, 1.165) is 31.4 Å². The first-order valence-corrected chi connectivity index (χ1v) is 11.7. The molecule has 1 amide bonds. The number of benzene rings is 2. The van der Waals surface area contributed by atoms with E-state index in [0.29, 0.717) is 25.3 Å². The summed E-state index contributed by atoms with van der Waals surface area (Å²) in [6.45, 7) is 3.11. The number of amides is 1. The average Bonchev–Trinajstić information content (AvgIpc) is 2.73. The summed E-state index contributed by atoms with van der Waals surface area (Å²) in [5.41, 5.74) is 1.31. The van der Waals surface area contributed by atoms with Crippen LogP contribution in [0.25, 0.3) is 0 Å². The highest BCUT2D eigenvalue weighted by molar-refractivity contribution is 7.86. The van der Waals surface area contributed by atoms with Gasteiger partial charge < -0.3 is 4.74 Å². The molecule has 0 aliphatic heterocycles. The molecule has 164 valence electrons. The maximum atomic E-state index is 12.2. The molecule has 2 rings (SSSR count). The van der Waals surface area contributed by atoms with Gasteiger partial charge in [0.05, 0.1) is 6.61 Å². The van der Waals surface area contributed by atoms with Crippen molar-refractivity contribution in [3.05, 3.63) is 66.2 Å². The molecule has 8 heteroatoms. The van der Waals surface area contributed by atoms with E-state index in [2.05, 4.69) is 5.32 Å². The second-order valence-corrected chi connectivity index (χ2v) is 8.36. The Balaban J connectivity index is 1.76. The third-order valence-electron chi connectivity index (χ3n) is 4.59. The third kappa shape index (κ3) is 7.78. The number of nitrogens with zero attached hydrogens (tertiary/aromatic N) is 1. The van der Waals surface area contributed by atoms with Crippen molar-refractivity contribution < 1.29 is 22.5 Å². The number of nitrogens with one attached hydrogen (secondary N) is 1. The highest BCUT2D eigenvalue weighted by Gasteiger charge is 2.23. The van der Waals surface area contributed by atoms with Gasteiger partial charge in [0.25, 0.3) is 10.1 Å². The van der Waals surface area contributed by atoms with Crippen LogP contribution in [0.1, 0.15) is 43.5 Å². The van der Waals surface area contributed by atoms with Crippen LogP contribution in [0.3, 0.4) is 0 Å². The molecule has 0 unspecified atom stereocenters. The second kappa shape index (κ2) is 12.3. The van der Waals surface area contributed by atoms with E-state index < -0.39 is 15.5 Å². The van der Waals surface area contributed by atoms with Crippen LogP contribution >= 0.6 is 0 Å². The number of ether oxygens (including phenoxy) is 1. The van der Waals surface area contributed by atoms with E-state index in [-0.39, 0.29) is 6.09 Å². The molecular weight excluding hydrogens is 404 g/mol. The molecule has 1 atom stereocenters. The van der Waals surface area contributed by atoms with Gasteiger partial charge in [0.2, 0.25) is 0 Å². The first-order valence-electron chi connectivity index (χ1n) is 10.2. The topological polar surface area (TPSA) is 95.9 Å². The number of carbonyl (C=O) groups excluding carboxylic acids is 1. The van der Waals surface area contributed by atoms with Crippen LogP contribution in [0.4, 0.5) is 10.5 Å². The zero-order valence-corrected chi connectivity index (χ0v) is 18.1. The summed E-state index contributed by atoms with van der Waals surface area (Å²) < 4.78 is 38.0. The number of hydrogen-bond donors (Lipinski definition) is 2. The van der Waals surface area contributed by atoms with Crippen molar-refractivity contribution in [2.75, 3.05) is 24.6 Å². The fourth-order valence-corrected chi connectivity index (χ4v) is 3.97. The van der Waals surface area contributed by atoms with Crippen molar-refractivity contribution in [3.8, 4) is 0 Å². The van der Waals surface area contributed by atoms with Crippen LogP contribution in [0.2, 0.25) is 0 Å². The lowest BCUT2D eigenvalue weighted by atomic mass is 10.1. The highest BCUT2D eigenvalue weighted by Crippen LogP contribution is 2.19. The molecule has 2 N–H and O–H groups in total. The molecular formula is C22H30N2O5S. The molecule has 2 aromatic rings. The van der Waals surface area contributed by atoms with Gasteiger partial charge in [-0.15, -0.1) is 0 Å². The molecule has 0 radical (unpaired) electrons. The Bertz CT molecular complexity index is 860. The number of unbranched alkanes of at least 4 members (excludes halogenated alkanes) is 3. The highest BCUT2D eigenvalue weighted by atomic mass is 32.2. The second-order valence-electron chi connectivity index (χ2n) is 6.86. The maximum Gasteiger partial charge on any atom is 0.414 e. The van der Waals surface area contributed by atoms with Crippen LogP contribution in [0.15, 0.2) is 60.7 Å². The molecule has 0 saturated heterocycles. The van der Waals surface area contributed by atoms with Crippen LogP contribution in [0, 0.1) is 0 Å². The van der Waals surface area contributed by atoms with Crippen molar-refractivity contribution in [3.63, 3.8) is 0 Å². The summed E-state index contributed by atoms with van der Waals surface area (Å²) in [4.78, 5) is 13.9. The molecule has 0 fully saturated rings. The first kappa shape index (κ1) is 23.9. The summed E-state index contributed by atoms with van der Waals surface area (Å²) >= 11 is 0. The summed E-state index contributed by atoms with van der Waals surface area (Å²) in [6.07, 6.45) is 2.94. The fourth-order valence-electron chi connectivity index (χ4n) is 3.14. The van der Waals surface area contributed by atoms with Gasteiger partial charge in [-0.05, 0) is 44.0 Å². The first-order chi connectivity index (χ1) is 14.4. The number of para-hydroxylation sites is 1. The summed E-state index contributed by atoms with van der Waals surface area (Å²) in [5.74, 6) is 0. The summed E-state index contributed by atoms with van der Waals surface area (Å²) in [7, 11) is -4.24. The maximum absolute atomic E-state index is 12.2. The average molecular weight is 435 g/mol. The van der Waals surface area contributed by atoms with Crippen LogP contribution in [0.5, 0.6) is 0 Å². The lowest BCUT2D eigenvalue weighted by molar-refractivity contribution is 0.159. The van der Waals surface area contributed by atoms with Gasteiger partial charge in [0, 0.05) is 12.2 Å². The predicted octanol–water partition coefficient (Wildman–Crippen LogP) is 4.39. The molecule has 7 nitrogen and oxygen atoms in total. The van der Waals surface area contributed by atoms with Gasteiger partial charge >= 0.3 is 6.09 Å².